The van der Waals surface area contributed by atoms with Gasteiger partial charge in [-0.15, -0.1) is 0 Å². The van der Waals surface area contributed by atoms with Crippen LogP contribution in [0.25, 0.3) is 0 Å². The van der Waals surface area contributed by atoms with E-state index in [2.05, 4.69) is 15.7 Å². The lowest BCUT2D eigenvalue weighted by molar-refractivity contribution is -0.136. The largest absolute Gasteiger partial charge is 0.378 e. The van der Waals surface area contributed by atoms with Crippen molar-refractivity contribution >= 4 is 11.9 Å². The van der Waals surface area contributed by atoms with Gasteiger partial charge in [0, 0.05) is 20.1 Å². The van der Waals surface area contributed by atoms with E-state index in [0.29, 0.717) is 32.3 Å². The summed E-state index contributed by atoms with van der Waals surface area (Å²) in [5, 5.41) is 2.90. The molecule has 7 nitrogen and oxygen atoms in total. The van der Waals surface area contributed by atoms with Crippen LogP contribution in [0.3, 0.4) is 0 Å². The van der Waals surface area contributed by atoms with E-state index in [1.165, 1.54) is 0 Å². The van der Waals surface area contributed by atoms with Crippen LogP contribution in [0.4, 0.5) is 0 Å². The molecule has 1 rings (SSSR count). The van der Waals surface area contributed by atoms with Crippen molar-refractivity contribution in [3.8, 4) is 0 Å². The summed E-state index contributed by atoms with van der Waals surface area (Å²) in [6.07, 6.45) is 0. The summed E-state index contributed by atoms with van der Waals surface area (Å²) >= 11 is 0. The number of hydrazine groups is 1. The normalized spacial score (nSPS) is 19.2. The summed E-state index contributed by atoms with van der Waals surface area (Å²) in [7, 11) is 1.59. The first kappa shape index (κ1) is 12.7. The van der Waals surface area contributed by atoms with Crippen molar-refractivity contribution in [3.05, 3.63) is 0 Å². The molecule has 0 bridgehead atoms. The molecule has 0 aromatic carbocycles. The number of nitrogens with zero attached hydrogens (tertiary/aromatic N) is 2. The fourth-order valence-electron chi connectivity index (χ4n) is 1.50. The highest BCUT2D eigenvalue weighted by Crippen LogP contribution is 2.00. The van der Waals surface area contributed by atoms with Crippen molar-refractivity contribution in [1.29, 1.82) is 0 Å². The molecule has 1 atom stereocenters. The summed E-state index contributed by atoms with van der Waals surface area (Å²) < 4.78 is 5.18. The number of carbonyl (C=O) groups is 1. The Bertz CT molecular complexity index is 263. The Labute approximate surface area is 95.0 Å². The predicted molar refractivity (Wildman–Crippen MR) is 60.7 cm³/mol. The Kier molecular flexibility index (Phi) is 5.00. The van der Waals surface area contributed by atoms with Gasteiger partial charge < -0.3 is 15.0 Å². The molecule has 0 spiro atoms. The van der Waals surface area contributed by atoms with Crippen molar-refractivity contribution in [2.24, 2.45) is 10.8 Å². The molecule has 4 N–H and O–H groups in total. The van der Waals surface area contributed by atoms with Crippen LogP contribution in [-0.4, -0.2) is 56.2 Å². The highest BCUT2D eigenvalue weighted by atomic mass is 16.5. The molecule has 0 aliphatic carbocycles. The molecule has 1 unspecified atom stereocenters. The molecule has 1 aliphatic heterocycles. The third-order valence-corrected chi connectivity index (χ3v) is 2.41. The summed E-state index contributed by atoms with van der Waals surface area (Å²) in [5.74, 6) is 5.65. The van der Waals surface area contributed by atoms with E-state index in [9.17, 15) is 4.79 Å². The maximum Gasteiger partial charge on any atom is 0.245 e. The number of nitrogens with two attached hydrogens (primary N) is 1. The fourth-order valence-corrected chi connectivity index (χ4v) is 1.50. The molecule has 0 aromatic heterocycles. The Morgan fingerprint density at radius 1 is 1.50 bits per heavy atom. The zero-order chi connectivity index (χ0) is 12.0. The van der Waals surface area contributed by atoms with Crippen molar-refractivity contribution in [2.75, 3.05) is 33.4 Å². The molecule has 0 radical (unpaired) electrons. The van der Waals surface area contributed by atoms with E-state index in [4.69, 9.17) is 10.6 Å². The summed E-state index contributed by atoms with van der Waals surface area (Å²) in [5.41, 5.74) is 2.38. The van der Waals surface area contributed by atoms with Gasteiger partial charge in [-0.2, -0.15) is 0 Å². The number of hydrogen-bond acceptors (Lipinski definition) is 4. The second-order valence-corrected chi connectivity index (χ2v) is 3.52. The number of morpholine rings is 1. The number of rotatable bonds is 2. The average molecular weight is 229 g/mol. The van der Waals surface area contributed by atoms with Crippen LogP contribution in [0, 0.1) is 0 Å². The quantitative estimate of drug-likeness (QED) is 0.226. The summed E-state index contributed by atoms with van der Waals surface area (Å²) in [4.78, 5) is 17.6. The molecule has 0 saturated carbocycles. The first-order valence-electron chi connectivity index (χ1n) is 5.25. The van der Waals surface area contributed by atoms with Crippen molar-refractivity contribution in [3.63, 3.8) is 0 Å². The molecule has 1 amide bonds. The smallest absolute Gasteiger partial charge is 0.245 e. The summed E-state index contributed by atoms with van der Waals surface area (Å²) in [6, 6.07) is -0.354. The SMILES string of the molecule is CN=C(NN)NC(C)C(=O)N1CCOCC1. The van der Waals surface area contributed by atoms with Gasteiger partial charge in [0.15, 0.2) is 0 Å². The van der Waals surface area contributed by atoms with Crippen LogP contribution in [-0.2, 0) is 9.53 Å². The Morgan fingerprint density at radius 2 is 2.12 bits per heavy atom. The maximum absolute atomic E-state index is 11.9. The van der Waals surface area contributed by atoms with E-state index in [1.54, 1.807) is 18.9 Å². The monoisotopic (exact) mass is 229 g/mol. The van der Waals surface area contributed by atoms with Crippen LogP contribution in [0.2, 0.25) is 0 Å². The number of aliphatic imine (C=N–C) groups is 1. The zero-order valence-electron chi connectivity index (χ0n) is 9.69. The van der Waals surface area contributed by atoms with Crippen molar-refractivity contribution in [2.45, 2.75) is 13.0 Å². The van der Waals surface area contributed by atoms with Gasteiger partial charge in [-0.1, -0.05) is 0 Å². The molecule has 1 saturated heterocycles. The van der Waals surface area contributed by atoms with Gasteiger partial charge in [0.1, 0.15) is 6.04 Å². The summed E-state index contributed by atoms with van der Waals surface area (Å²) in [6.45, 7) is 4.25. The average Bonchev–Trinajstić information content (AvgIpc) is 2.35. The minimum absolute atomic E-state index is 0.0275. The number of carbonyl (C=O) groups excluding carboxylic acids is 1. The molecule has 16 heavy (non-hydrogen) atoms. The molecule has 1 heterocycles. The highest BCUT2D eigenvalue weighted by molar-refractivity contribution is 5.88. The molecule has 0 aromatic rings. The number of guanidine groups is 1. The van der Waals surface area contributed by atoms with Crippen LogP contribution in [0.15, 0.2) is 4.99 Å². The van der Waals surface area contributed by atoms with Gasteiger partial charge >= 0.3 is 0 Å². The minimum atomic E-state index is -0.354. The van der Waals surface area contributed by atoms with Crippen LogP contribution < -0.4 is 16.6 Å². The van der Waals surface area contributed by atoms with Crippen molar-refractivity contribution < 1.29 is 9.53 Å². The predicted octanol–water partition coefficient (Wildman–Crippen LogP) is -1.73. The Balaban J connectivity index is 2.46. The van der Waals surface area contributed by atoms with Crippen LogP contribution in [0.1, 0.15) is 6.92 Å². The van der Waals surface area contributed by atoms with E-state index in [0.717, 1.165) is 0 Å². The second-order valence-electron chi connectivity index (χ2n) is 3.52. The Hall–Kier alpha value is -1.34. The van der Waals surface area contributed by atoms with Gasteiger partial charge in [-0.3, -0.25) is 15.2 Å². The molecular weight excluding hydrogens is 210 g/mol. The van der Waals surface area contributed by atoms with Gasteiger partial charge in [0.25, 0.3) is 0 Å². The number of amides is 1. The maximum atomic E-state index is 11.9. The molecule has 1 aliphatic rings. The van der Waals surface area contributed by atoms with E-state index in [1.807, 2.05) is 0 Å². The zero-order valence-corrected chi connectivity index (χ0v) is 9.69. The van der Waals surface area contributed by atoms with E-state index in [-0.39, 0.29) is 11.9 Å². The van der Waals surface area contributed by atoms with Crippen molar-refractivity contribution in [1.82, 2.24) is 15.6 Å². The first-order chi connectivity index (χ1) is 7.69. The van der Waals surface area contributed by atoms with Gasteiger partial charge in [0.05, 0.1) is 13.2 Å². The van der Waals surface area contributed by atoms with Gasteiger partial charge in [0.2, 0.25) is 11.9 Å². The van der Waals surface area contributed by atoms with Gasteiger partial charge in [-0.25, -0.2) is 5.84 Å². The lowest BCUT2D eigenvalue weighted by Crippen LogP contribution is -2.53. The third kappa shape index (κ3) is 3.35. The van der Waals surface area contributed by atoms with E-state index < -0.39 is 0 Å². The lowest BCUT2D eigenvalue weighted by atomic mass is 10.2. The first-order valence-corrected chi connectivity index (χ1v) is 5.25. The third-order valence-electron chi connectivity index (χ3n) is 2.41. The fraction of sp³-hybridized carbons (Fsp3) is 0.778. The number of nitrogens with one attached hydrogen (secondary N) is 2. The molecule has 7 heteroatoms. The minimum Gasteiger partial charge on any atom is -0.378 e. The lowest BCUT2D eigenvalue weighted by Gasteiger charge is -2.29. The van der Waals surface area contributed by atoms with Crippen LogP contribution in [0.5, 0.6) is 0 Å². The Morgan fingerprint density at radius 3 is 2.62 bits per heavy atom. The molecular formula is C9H19N5O2. The topological polar surface area (TPSA) is 92.0 Å². The van der Waals surface area contributed by atoms with Gasteiger partial charge in [-0.05, 0) is 6.92 Å². The second kappa shape index (κ2) is 6.29. The highest BCUT2D eigenvalue weighted by Gasteiger charge is 2.22. The standard InChI is InChI=1S/C9H19N5O2/c1-7(12-9(11-2)13-10)8(15)14-3-5-16-6-4-14/h7H,3-6,10H2,1-2H3,(H2,11,12,13). The number of ether oxygens (including phenoxy) is 1. The molecule has 1 fully saturated rings. The van der Waals surface area contributed by atoms with Crippen LogP contribution >= 0.6 is 0 Å². The van der Waals surface area contributed by atoms with E-state index >= 15 is 0 Å². The molecule has 92 valence electrons. The number of hydrogen-bond donors (Lipinski definition) is 3.